The second-order valence-electron chi connectivity index (χ2n) is 5.50. The van der Waals surface area contributed by atoms with Crippen LogP contribution in [0, 0.1) is 0 Å². The molecule has 0 fully saturated rings. The second-order valence-corrected chi connectivity index (χ2v) is 7.57. The van der Waals surface area contributed by atoms with Gasteiger partial charge in [-0.1, -0.05) is 18.7 Å². The van der Waals surface area contributed by atoms with Gasteiger partial charge in [0.1, 0.15) is 0 Å². The first kappa shape index (κ1) is 21.0. The monoisotopic (exact) mass is 407 g/mol. The molecule has 0 saturated heterocycles. The molecule has 0 radical (unpaired) electrons. The lowest BCUT2D eigenvalue weighted by Crippen LogP contribution is -2.16. The number of carbonyl (C=O) groups excluding carboxylic acids is 2. The van der Waals surface area contributed by atoms with Crippen LogP contribution in [0.2, 0.25) is 0 Å². The third-order valence-corrected chi connectivity index (χ3v) is 5.37. The smallest absolute Gasteiger partial charge is 0.337 e. The van der Waals surface area contributed by atoms with Crippen molar-refractivity contribution in [1.29, 1.82) is 0 Å². The van der Waals surface area contributed by atoms with E-state index in [1.807, 2.05) is 0 Å². The number of hydrogen-bond donors (Lipinski definition) is 2. The Hall–Kier alpha value is -2.26. The molecular formula is C18H21N3O4S2. The number of nitrogens with zero attached hydrogens (tertiary/aromatic N) is 1. The van der Waals surface area contributed by atoms with Gasteiger partial charge in [-0.3, -0.25) is 9.59 Å². The highest BCUT2D eigenvalue weighted by molar-refractivity contribution is 7.99. The van der Waals surface area contributed by atoms with Crippen LogP contribution < -0.4 is 10.9 Å². The van der Waals surface area contributed by atoms with E-state index < -0.39 is 5.97 Å². The molecule has 1 aromatic carbocycles. The topological polar surface area (TPSA) is 101 Å². The molecule has 2 aromatic rings. The van der Waals surface area contributed by atoms with Crippen molar-refractivity contribution < 1.29 is 14.3 Å². The third-order valence-electron chi connectivity index (χ3n) is 3.30. The molecule has 0 unspecified atom stereocenters. The largest absolute Gasteiger partial charge is 0.465 e. The zero-order chi connectivity index (χ0) is 19.6. The maximum Gasteiger partial charge on any atom is 0.337 e. The number of aromatic amines is 1. The quantitative estimate of drug-likeness (QED) is 0.285. The highest BCUT2D eigenvalue weighted by Crippen LogP contribution is 2.16. The summed E-state index contributed by atoms with van der Waals surface area (Å²) in [6.07, 6.45) is 1.07. The Morgan fingerprint density at radius 2 is 2.00 bits per heavy atom. The van der Waals surface area contributed by atoms with E-state index in [0.29, 0.717) is 27.9 Å². The van der Waals surface area contributed by atoms with Gasteiger partial charge >= 0.3 is 5.97 Å². The van der Waals surface area contributed by atoms with E-state index in [1.165, 1.54) is 13.2 Å². The maximum absolute atomic E-state index is 12.1. The Balaban J connectivity index is 1.89. The van der Waals surface area contributed by atoms with E-state index in [2.05, 4.69) is 26.9 Å². The molecule has 9 heteroatoms. The van der Waals surface area contributed by atoms with E-state index in [9.17, 15) is 14.4 Å². The van der Waals surface area contributed by atoms with Crippen LogP contribution in [0.3, 0.4) is 0 Å². The zero-order valence-corrected chi connectivity index (χ0v) is 16.7. The predicted molar refractivity (Wildman–Crippen MR) is 108 cm³/mol. The number of ether oxygens (including phenoxy) is 1. The van der Waals surface area contributed by atoms with E-state index in [1.54, 1.807) is 36.0 Å². The van der Waals surface area contributed by atoms with Crippen molar-refractivity contribution in [1.82, 2.24) is 9.97 Å². The molecule has 0 aliphatic heterocycles. The molecule has 2 rings (SSSR count). The lowest BCUT2D eigenvalue weighted by molar-refractivity contribution is -0.113. The number of rotatable bonds is 9. The molecule has 0 saturated carbocycles. The summed E-state index contributed by atoms with van der Waals surface area (Å²) in [4.78, 5) is 42.2. The predicted octanol–water partition coefficient (Wildman–Crippen LogP) is 2.93. The fraction of sp³-hybridized carbons (Fsp3) is 0.333. The molecule has 0 bridgehead atoms. The number of carbonyl (C=O) groups is 2. The van der Waals surface area contributed by atoms with Gasteiger partial charge in [0.25, 0.3) is 5.56 Å². The number of nitrogens with one attached hydrogen (secondary N) is 2. The van der Waals surface area contributed by atoms with Gasteiger partial charge in [0.15, 0.2) is 5.16 Å². The van der Waals surface area contributed by atoms with Gasteiger partial charge in [0.2, 0.25) is 5.91 Å². The minimum absolute atomic E-state index is 0.104. The highest BCUT2D eigenvalue weighted by Gasteiger charge is 2.09. The number of amides is 1. The minimum atomic E-state index is -0.435. The molecule has 0 spiro atoms. The second kappa shape index (κ2) is 10.8. The number of esters is 1. The first-order valence-corrected chi connectivity index (χ1v) is 10.4. The number of H-pyrrole nitrogens is 1. The number of anilines is 1. The Morgan fingerprint density at radius 1 is 1.26 bits per heavy atom. The summed E-state index contributed by atoms with van der Waals surface area (Å²) in [5.74, 6) is 1.11. The molecule has 2 N–H and O–H groups in total. The summed E-state index contributed by atoms with van der Waals surface area (Å²) in [6, 6.07) is 7.88. The van der Waals surface area contributed by atoms with E-state index in [4.69, 9.17) is 0 Å². The minimum Gasteiger partial charge on any atom is -0.465 e. The standard InChI is InChI=1S/C18H21N3O4S2/c1-3-8-26-10-14-9-15(22)21-18(20-14)27-11-16(23)19-13-6-4-12(5-7-13)17(24)25-2/h4-7,9H,3,8,10-11H2,1-2H3,(H,19,23)(H,20,21,22). The van der Waals surface area contributed by atoms with Gasteiger partial charge in [0, 0.05) is 17.5 Å². The molecule has 0 atom stereocenters. The number of methoxy groups -OCH3 is 1. The van der Waals surface area contributed by atoms with E-state index in [-0.39, 0.29) is 17.2 Å². The van der Waals surface area contributed by atoms with E-state index >= 15 is 0 Å². The molecule has 7 nitrogen and oxygen atoms in total. The van der Waals surface area contributed by atoms with Crippen molar-refractivity contribution in [2.24, 2.45) is 0 Å². The van der Waals surface area contributed by atoms with Crippen molar-refractivity contribution in [3.8, 4) is 0 Å². The van der Waals surface area contributed by atoms with Crippen molar-refractivity contribution in [2.45, 2.75) is 24.3 Å². The summed E-state index contributed by atoms with van der Waals surface area (Å²) < 4.78 is 4.63. The van der Waals surface area contributed by atoms with Gasteiger partial charge in [-0.05, 0) is 36.4 Å². The van der Waals surface area contributed by atoms with Crippen LogP contribution in [0.4, 0.5) is 5.69 Å². The SMILES string of the molecule is CCCSCc1cc(=O)[nH]c(SCC(=O)Nc2ccc(C(=O)OC)cc2)n1. The highest BCUT2D eigenvalue weighted by atomic mass is 32.2. The summed E-state index contributed by atoms with van der Waals surface area (Å²) in [5, 5.41) is 3.15. The fourth-order valence-electron chi connectivity index (χ4n) is 2.09. The number of aromatic nitrogens is 2. The van der Waals surface area contributed by atoms with Crippen LogP contribution in [-0.4, -0.2) is 40.5 Å². The van der Waals surface area contributed by atoms with Crippen LogP contribution in [0.25, 0.3) is 0 Å². The third kappa shape index (κ3) is 7.10. The van der Waals surface area contributed by atoms with Crippen molar-refractivity contribution >= 4 is 41.1 Å². The van der Waals surface area contributed by atoms with Crippen LogP contribution in [0.5, 0.6) is 0 Å². The fourth-order valence-corrected chi connectivity index (χ4v) is 3.57. The normalized spacial score (nSPS) is 10.4. The maximum atomic E-state index is 12.1. The number of benzene rings is 1. The molecule has 0 aliphatic carbocycles. The van der Waals surface area contributed by atoms with Crippen LogP contribution in [0.15, 0.2) is 40.3 Å². The summed E-state index contributed by atoms with van der Waals surface area (Å²) >= 11 is 2.88. The molecule has 144 valence electrons. The van der Waals surface area contributed by atoms with Crippen molar-refractivity contribution in [2.75, 3.05) is 23.9 Å². The zero-order valence-electron chi connectivity index (χ0n) is 15.1. The van der Waals surface area contributed by atoms with Gasteiger partial charge in [0.05, 0.1) is 24.1 Å². The van der Waals surface area contributed by atoms with Crippen LogP contribution in [-0.2, 0) is 15.3 Å². The van der Waals surface area contributed by atoms with Gasteiger partial charge in [-0.25, -0.2) is 9.78 Å². The first-order valence-electron chi connectivity index (χ1n) is 8.31. The lowest BCUT2D eigenvalue weighted by Gasteiger charge is -2.06. The Kier molecular flexibility index (Phi) is 8.41. The molecule has 27 heavy (non-hydrogen) atoms. The summed E-state index contributed by atoms with van der Waals surface area (Å²) in [7, 11) is 1.31. The molecule has 1 amide bonds. The van der Waals surface area contributed by atoms with Gasteiger partial charge in [-0.15, -0.1) is 0 Å². The molecule has 1 heterocycles. The van der Waals surface area contributed by atoms with Gasteiger partial charge in [-0.2, -0.15) is 11.8 Å². The Morgan fingerprint density at radius 3 is 2.67 bits per heavy atom. The van der Waals surface area contributed by atoms with Crippen molar-refractivity contribution in [3.63, 3.8) is 0 Å². The lowest BCUT2D eigenvalue weighted by atomic mass is 10.2. The number of thioether (sulfide) groups is 2. The first-order chi connectivity index (χ1) is 13.0. The van der Waals surface area contributed by atoms with Gasteiger partial charge < -0.3 is 15.0 Å². The molecule has 0 aliphatic rings. The van der Waals surface area contributed by atoms with Crippen LogP contribution >= 0.6 is 23.5 Å². The Labute approximate surface area is 165 Å². The average Bonchev–Trinajstić information content (AvgIpc) is 2.66. The number of hydrogen-bond acceptors (Lipinski definition) is 7. The van der Waals surface area contributed by atoms with E-state index in [0.717, 1.165) is 23.9 Å². The van der Waals surface area contributed by atoms with Crippen LogP contribution in [0.1, 0.15) is 29.4 Å². The molecule has 1 aromatic heterocycles. The summed E-state index contributed by atoms with van der Waals surface area (Å²) in [5.41, 5.74) is 1.46. The molecular weight excluding hydrogens is 386 g/mol. The van der Waals surface area contributed by atoms with Crippen molar-refractivity contribution in [3.05, 3.63) is 51.9 Å². The summed E-state index contributed by atoms with van der Waals surface area (Å²) in [6.45, 7) is 2.10. The average molecular weight is 408 g/mol. The Bertz CT molecular complexity index is 837.